The van der Waals surface area contributed by atoms with Crippen molar-refractivity contribution in [2.24, 2.45) is 0 Å². The van der Waals surface area contributed by atoms with Crippen molar-refractivity contribution < 1.29 is 16.4 Å². The van der Waals surface area contributed by atoms with Crippen molar-refractivity contribution in [3.8, 4) is 22.3 Å². The molecule has 0 aliphatic heterocycles. The summed E-state index contributed by atoms with van der Waals surface area (Å²) in [6.45, 7) is 35.3. The molecule has 2 atom stereocenters. The molecule has 51 heavy (non-hydrogen) atoms. The molecule has 0 radical (unpaired) electrons. The number of hydrogen-bond acceptors (Lipinski definition) is 0. The van der Waals surface area contributed by atoms with Crippen LogP contribution >= 0.6 is 17.0 Å². The van der Waals surface area contributed by atoms with Gasteiger partial charge in [0.25, 0.3) is 0 Å². The molecule has 269 valence electrons. The SMILES string of the molecule is C[CH2][Zr]([Cl])([Cl])([CH]1C(C)=Cc2c(-c3ccc([Si](C)(C)C)cc3)c(C)c(C)c(C)c21)[CH]1C(C)=Cc2c(-c3ccc([Si](C)(C)C)cc3)c(C)c(C)c(C)c21. The fourth-order valence-corrected chi connectivity index (χ4v) is 31.2. The molecule has 5 heteroatoms. The number of halogens is 2. The van der Waals surface area contributed by atoms with Crippen molar-refractivity contribution in [2.45, 2.75) is 113 Å². The molecular formula is C46H59Cl2Si2Zr. The van der Waals surface area contributed by atoms with Crippen LogP contribution in [0, 0.1) is 41.5 Å². The van der Waals surface area contributed by atoms with Crippen molar-refractivity contribution in [1.29, 1.82) is 0 Å². The van der Waals surface area contributed by atoms with Crippen LogP contribution in [0.15, 0.2) is 59.7 Å². The van der Waals surface area contributed by atoms with Crippen molar-refractivity contribution in [3.05, 3.63) is 115 Å². The van der Waals surface area contributed by atoms with Crippen LogP contribution in [0.25, 0.3) is 34.4 Å². The van der Waals surface area contributed by atoms with Crippen LogP contribution in [0.3, 0.4) is 0 Å². The van der Waals surface area contributed by atoms with Gasteiger partial charge >= 0.3 is 323 Å². The molecule has 0 N–H and O–H groups in total. The third-order valence-corrected chi connectivity index (χ3v) is 38.3. The maximum atomic E-state index is 8.61. The quantitative estimate of drug-likeness (QED) is 0.163. The van der Waals surface area contributed by atoms with E-state index in [2.05, 4.69) is 162 Å². The van der Waals surface area contributed by atoms with Crippen LogP contribution in [-0.4, -0.2) is 16.1 Å². The Balaban J connectivity index is 1.59. The van der Waals surface area contributed by atoms with E-state index in [0.717, 1.165) is 4.13 Å². The molecule has 0 spiro atoms. The van der Waals surface area contributed by atoms with Gasteiger partial charge in [-0.2, -0.15) is 0 Å². The number of benzene rings is 4. The van der Waals surface area contributed by atoms with Gasteiger partial charge in [-0.3, -0.25) is 0 Å². The summed E-state index contributed by atoms with van der Waals surface area (Å²) in [6.07, 6.45) is 4.92. The van der Waals surface area contributed by atoms with Gasteiger partial charge in [-0.05, 0) is 0 Å². The Hall–Kier alpha value is -1.74. The van der Waals surface area contributed by atoms with Crippen LogP contribution < -0.4 is 10.4 Å². The Bertz CT molecular complexity index is 2000. The Morgan fingerprint density at radius 1 is 0.490 bits per heavy atom. The predicted molar refractivity (Wildman–Crippen MR) is 233 cm³/mol. The standard InChI is InChI=1S/2C22H27Si.C2H5.2ClH.Zr/c2*1-14-12-20-16(3)15(2)17(4)22(21(20)13-14)18-8-10-19(11-9-18)23(5,6)7;1-2;;;/h2*8-13H,1-7H3;1H2,2H3;2*1H;/q;;;;;+2/p-2. The van der Waals surface area contributed by atoms with E-state index in [1.54, 1.807) is 0 Å². The second-order valence-corrected chi connectivity index (χ2v) is 51.2. The Kier molecular flexibility index (Phi) is 9.89. The van der Waals surface area contributed by atoms with Crippen LogP contribution in [-0.2, 0) is 16.4 Å². The van der Waals surface area contributed by atoms with Gasteiger partial charge in [0.2, 0.25) is 0 Å². The third kappa shape index (κ3) is 6.09. The van der Waals surface area contributed by atoms with Crippen LogP contribution in [0.2, 0.25) is 43.4 Å². The Labute approximate surface area is 320 Å². The third-order valence-electron chi connectivity index (χ3n) is 13.1. The molecule has 4 aromatic rings. The number of fused-ring (bicyclic) bond motifs is 2. The zero-order valence-corrected chi connectivity index (χ0v) is 39.9. The van der Waals surface area contributed by atoms with Crippen LogP contribution in [0.4, 0.5) is 0 Å². The van der Waals surface area contributed by atoms with Crippen LogP contribution in [0.5, 0.6) is 0 Å². The minimum atomic E-state index is -4.91. The van der Waals surface area contributed by atoms with Crippen molar-refractivity contribution >= 4 is 55.7 Å². The first-order valence-electron chi connectivity index (χ1n) is 19.0. The number of allylic oxidation sites excluding steroid dienone is 2. The van der Waals surface area contributed by atoms with E-state index >= 15 is 0 Å². The van der Waals surface area contributed by atoms with Gasteiger partial charge in [-0.25, -0.2) is 0 Å². The van der Waals surface area contributed by atoms with E-state index in [-0.39, 0.29) is 7.25 Å². The number of hydrogen-bond donors (Lipinski definition) is 0. The van der Waals surface area contributed by atoms with Crippen molar-refractivity contribution in [2.75, 3.05) is 0 Å². The van der Waals surface area contributed by atoms with Gasteiger partial charge in [-0.1, -0.05) is 0 Å². The molecule has 0 fully saturated rings. The topological polar surface area (TPSA) is 0 Å². The summed E-state index contributed by atoms with van der Waals surface area (Å²) in [5.74, 6) is 0. The molecule has 2 aliphatic carbocycles. The molecular weight excluding hydrogens is 771 g/mol. The average Bonchev–Trinajstić information content (AvgIpc) is 3.60. The fourth-order valence-electron chi connectivity index (χ4n) is 9.65. The molecule has 0 saturated carbocycles. The fraction of sp³-hybridized carbons (Fsp3) is 0.391. The molecule has 6 rings (SSSR count). The van der Waals surface area contributed by atoms with E-state index in [1.165, 1.54) is 99.4 Å². The van der Waals surface area contributed by atoms with Crippen LogP contribution in [0.1, 0.15) is 83.7 Å². The first-order chi connectivity index (χ1) is 23.5. The second-order valence-electron chi connectivity index (χ2n) is 18.2. The molecule has 0 heterocycles. The first kappa shape index (κ1) is 39.0. The number of rotatable bonds is 7. The van der Waals surface area contributed by atoms with Crippen molar-refractivity contribution in [3.63, 3.8) is 0 Å². The van der Waals surface area contributed by atoms with Gasteiger partial charge in [0, 0.05) is 0 Å². The van der Waals surface area contributed by atoms with Gasteiger partial charge in [-0.15, -0.1) is 0 Å². The summed E-state index contributed by atoms with van der Waals surface area (Å²) in [5.41, 5.74) is 21.6. The molecule has 0 bridgehead atoms. The average molecular weight is 830 g/mol. The molecule has 2 unspecified atom stereocenters. The summed E-state index contributed by atoms with van der Waals surface area (Å²) >= 11 is -4.91. The van der Waals surface area contributed by atoms with E-state index in [4.69, 9.17) is 17.0 Å². The van der Waals surface area contributed by atoms with E-state index in [0.29, 0.717) is 0 Å². The molecule has 4 aromatic carbocycles. The molecule has 0 aromatic heterocycles. The summed E-state index contributed by atoms with van der Waals surface area (Å²) in [7, 11) is 14.4. The zero-order chi connectivity index (χ0) is 37.8. The summed E-state index contributed by atoms with van der Waals surface area (Å²) in [6, 6.07) is 18.9. The predicted octanol–water partition coefficient (Wildman–Crippen LogP) is 14.0. The second kappa shape index (κ2) is 12.9. The van der Waals surface area contributed by atoms with Gasteiger partial charge in [0.1, 0.15) is 0 Å². The molecule has 0 saturated heterocycles. The Morgan fingerprint density at radius 3 is 1.08 bits per heavy atom. The summed E-state index contributed by atoms with van der Waals surface area (Å²) in [5, 5.41) is 2.98. The Morgan fingerprint density at radius 2 is 0.804 bits per heavy atom. The maximum absolute atomic E-state index is 8.61. The van der Waals surface area contributed by atoms with E-state index in [9.17, 15) is 0 Å². The van der Waals surface area contributed by atoms with E-state index in [1.807, 2.05) is 0 Å². The molecule has 0 nitrogen and oxygen atoms in total. The molecule has 0 amide bonds. The van der Waals surface area contributed by atoms with Gasteiger partial charge in [0.05, 0.1) is 0 Å². The molecule has 2 aliphatic rings. The monoisotopic (exact) mass is 827 g/mol. The first-order valence-corrected chi connectivity index (χ1v) is 36.9. The normalized spacial score (nSPS) is 18.3. The summed E-state index contributed by atoms with van der Waals surface area (Å²) < 4.78 is 0.886. The van der Waals surface area contributed by atoms with Gasteiger partial charge in [0.15, 0.2) is 0 Å². The summed E-state index contributed by atoms with van der Waals surface area (Å²) in [4.78, 5) is 0. The van der Waals surface area contributed by atoms with E-state index < -0.39 is 32.5 Å². The zero-order valence-electron chi connectivity index (χ0n) is 33.9. The van der Waals surface area contributed by atoms with Crippen molar-refractivity contribution in [1.82, 2.24) is 0 Å². The van der Waals surface area contributed by atoms with Gasteiger partial charge < -0.3 is 0 Å². The minimum absolute atomic E-state index is 0.0360.